The Bertz CT molecular complexity index is 832. The lowest BCUT2D eigenvalue weighted by Crippen LogP contribution is -2.40. The number of ether oxygens (including phenoxy) is 1. The zero-order chi connectivity index (χ0) is 18.5. The van der Waals surface area contributed by atoms with Crippen molar-refractivity contribution < 1.29 is 19.2 Å². The van der Waals surface area contributed by atoms with Crippen LogP contribution in [0, 0.1) is 10.1 Å². The van der Waals surface area contributed by atoms with Crippen LogP contribution in [0.2, 0.25) is 0 Å². The van der Waals surface area contributed by atoms with Gasteiger partial charge < -0.3 is 9.64 Å². The standard InChI is InChI=1S/C18H16N2O5S/c21-12-14-11-15(20(23)24)3-6-17(14)26-16-4-1-13(2-5-16)18(22)19-7-9-25-10-8-19/h1-6,11-12H,7-10H2. The lowest BCUT2D eigenvalue weighted by molar-refractivity contribution is -0.384. The number of nitro benzene ring substituents is 1. The highest BCUT2D eigenvalue weighted by molar-refractivity contribution is 7.99. The number of nitrogens with zero attached hydrogens (tertiary/aromatic N) is 2. The number of aldehydes is 1. The third-order valence-corrected chi connectivity index (χ3v) is 5.06. The van der Waals surface area contributed by atoms with Crippen LogP contribution in [0.3, 0.4) is 0 Å². The second-order valence-electron chi connectivity index (χ2n) is 5.63. The molecule has 0 aliphatic carbocycles. The predicted molar refractivity (Wildman–Crippen MR) is 95.8 cm³/mol. The first-order valence-electron chi connectivity index (χ1n) is 7.97. The molecule has 1 aliphatic heterocycles. The average Bonchev–Trinajstić information content (AvgIpc) is 2.69. The van der Waals surface area contributed by atoms with E-state index >= 15 is 0 Å². The van der Waals surface area contributed by atoms with Crippen LogP contribution in [0.15, 0.2) is 52.3 Å². The Kier molecular flexibility index (Phi) is 5.65. The van der Waals surface area contributed by atoms with Crippen LogP contribution in [0.4, 0.5) is 5.69 Å². The van der Waals surface area contributed by atoms with E-state index in [1.807, 2.05) is 0 Å². The molecule has 26 heavy (non-hydrogen) atoms. The molecule has 1 amide bonds. The molecule has 1 fully saturated rings. The number of nitro groups is 1. The Morgan fingerprint density at radius 2 is 1.85 bits per heavy atom. The summed E-state index contributed by atoms with van der Waals surface area (Å²) in [6.45, 7) is 2.27. The highest BCUT2D eigenvalue weighted by atomic mass is 32.2. The molecule has 0 atom stereocenters. The third-order valence-electron chi connectivity index (χ3n) is 3.96. The fourth-order valence-electron chi connectivity index (χ4n) is 2.58. The van der Waals surface area contributed by atoms with Crippen molar-refractivity contribution in [3.8, 4) is 0 Å². The normalized spacial score (nSPS) is 14.1. The molecule has 2 aromatic rings. The number of morpholine rings is 1. The SMILES string of the molecule is O=Cc1cc([N+](=O)[O-])ccc1Sc1ccc(C(=O)N2CCOCC2)cc1. The van der Waals surface area contributed by atoms with Gasteiger partial charge in [0.1, 0.15) is 0 Å². The first-order valence-corrected chi connectivity index (χ1v) is 8.78. The molecule has 1 heterocycles. The van der Waals surface area contributed by atoms with Gasteiger partial charge in [0.25, 0.3) is 11.6 Å². The van der Waals surface area contributed by atoms with Gasteiger partial charge in [-0.3, -0.25) is 19.7 Å². The van der Waals surface area contributed by atoms with E-state index in [1.54, 1.807) is 35.2 Å². The van der Waals surface area contributed by atoms with Gasteiger partial charge in [0, 0.05) is 46.1 Å². The summed E-state index contributed by atoms with van der Waals surface area (Å²) in [7, 11) is 0. The Hall–Kier alpha value is -2.71. The van der Waals surface area contributed by atoms with Crippen LogP contribution in [-0.4, -0.2) is 48.3 Å². The van der Waals surface area contributed by atoms with Gasteiger partial charge in [-0.2, -0.15) is 0 Å². The van der Waals surface area contributed by atoms with Crippen molar-refractivity contribution in [1.29, 1.82) is 0 Å². The third kappa shape index (κ3) is 4.09. The van der Waals surface area contributed by atoms with Gasteiger partial charge in [0.2, 0.25) is 0 Å². The number of rotatable bonds is 5. The fraction of sp³-hybridized carbons (Fsp3) is 0.222. The first-order chi connectivity index (χ1) is 12.6. The molecule has 134 valence electrons. The van der Waals surface area contributed by atoms with E-state index in [0.29, 0.717) is 43.0 Å². The molecule has 0 radical (unpaired) electrons. The summed E-state index contributed by atoms with van der Waals surface area (Å²) in [5, 5.41) is 10.8. The highest BCUT2D eigenvalue weighted by Crippen LogP contribution is 2.32. The van der Waals surface area contributed by atoms with Gasteiger partial charge in [-0.25, -0.2) is 0 Å². The lowest BCUT2D eigenvalue weighted by Gasteiger charge is -2.26. The molecule has 1 aliphatic rings. The summed E-state index contributed by atoms with van der Waals surface area (Å²) in [5.41, 5.74) is 0.733. The second-order valence-corrected chi connectivity index (χ2v) is 6.74. The minimum Gasteiger partial charge on any atom is -0.378 e. The number of hydrogen-bond donors (Lipinski definition) is 0. The first kappa shape index (κ1) is 18.1. The number of non-ortho nitro benzene ring substituents is 1. The lowest BCUT2D eigenvalue weighted by atomic mass is 10.2. The molecule has 0 bridgehead atoms. The quantitative estimate of drug-likeness (QED) is 0.455. The number of benzene rings is 2. The maximum absolute atomic E-state index is 12.4. The van der Waals surface area contributed by atoms with Gasteiger partial charge in [-0.15, -0.1) is 0 Å². The molecule has 0 saturated carbocycles. The number of hydrogen-bond acceptors (Lipinski definition) is 6. The fourth-order valence-corrected chi connectivity index (χ4v) is 3.46. The summed E-state index contributed by atoms with van der Waals surface area (Å²) >= 11 is 1.32. The number of carbonyl (C=O) groups is 2. The van der Waals surface area contributed by atoms with Crippen molar-refractivity contribution in [2.45, 2.75) is 9.79 Å². The van der Waals surface area contributed by atoms with E-state index in [1.165, 1.54) is 23.9 Å². The van der Waals surface area contributed by atoms with E-state index in [9.17, 15) is 19.7 Å². The molecular weight excluding hydrogens is 356 g/mol. The average molecular weight is 372 g/mol. The summed E-state index contributed by atoms with van der Waals surface area (Å²) < 4.78 is 5.25. The number of amides is 1. The zero-order valence-electron chi connectivity index (χ0n) is 13.8. The minimum absolute atomic E-state index is 0.0335. The van der Waals surface area contributed by atoms with Crippen LogP contribution in [0.5, 0.6) is 0 Å². The van der Waals surface area contributed by atoms with E-state index < -0.39 is 4.92 Å². The Morgan fingerprint density at radius 1 is 1.15 bits per heavy atom. The van der Waals surface area contributed by atoms with Gasteiger partial charge in [-0.1, -0.05) is 11.8 Å². The van der Waals surface area contributed by atoms with Crippen LogP contribution in [0.25, 0.3) is 0 Å². The van der Waals surface area contributed by atoms with Gasteiger partial charge >= 0.3 is 0 Å². The topological polar surface area (TPSA) is 89.8 Å². The van der Waals surface area contributed by atoms with E-state index in [0.717, 1.165) is 4.90 Å². The summed E-state index contributed by atoms with van der Waals surface area (Å²) in [4.78, 5) is 37.1. The Balaban J connectivity index is 1.74. The Morgan fingerprint density at radius 3 is 2.46 bits per heavy atom. The smallest absolute Gasteiger partial charge is 0.270 e. The van der Waals surface area contributed by atoms with Crippen molar-refractivity contribution in [2.75, 3.05) is 26.3 Å². The molecule has 1 saturated heterocycles. The van der Waals surface area contributed by atoms with Crippen molar-refractivity contribution in [2.24, 2.45) is 0 Å². The molecule has 0 spiro atoms. The molecule has 0 aromatic heterocycles. The zero-order valence-corrected chi connectivity index (χ0v) is 14.6. The molecule has 2 aromatic carbocycles. The summed E-state index contributed by atoms with van der Waals surface area (Å²) in [5.74, 6) is -0.0335. The van der Waals surface area contributed by atoms with Crippen molar-refractivity contribution in [3.63, 3.8) is 0 Å². The monoisotopic (exact) mass is 372 g/mol. The predicted octanol–water partition coefficient (Wildman–Crippen LogP) is 3.03. The molecule has 0 N–H and O–H groups in total. The molecule has 8 heteroatoms. The van der Waals surface area contributed by atoms with Crippen molar-refractivity contribution in [3.05, 3.63) is 63.7 Å². The van der Waals surface area contributed by atoms with Crippen LogP contribution >= 0.6 is 11.8 Å². The van der Waals surface area contributed by atoms with E-state index in [4.69, 9.17) is 4.74 Å². The van der Waals surface area contributed by atoms with Gasteiger partial charge in [-0.05, 0) is 30.3 Å². The summed E-state index contributed by atoms with van der Waals surface area (Å²) in [6.07, 6.45) is 0.603. The second kappa shape index (κ2) is 8.11. The van der Waals surface area contributed by atoms with Crippen LogP contribution < -0.4 is 0 Å². The molecular formula is C18H16N2O5S. The highest BCUT2D eigenvalue weighted by Gasteiger charge is 2.18. The minimum atomic E-state index is -0.534. The molecule has 0 unspecified atom stereocenters. The van der Waals surface area contributed by atoms with E-state index in [-0.39, 0.29) is 17.2 Å². The van der Waals surface area contributed by atoms with Gasteiger partial charge in [0.05, 0.1) is 18.1 Å². The van der Waals surface area contributed by atoms with Gasteiger partial charge in [0.15, 0.2) is 6.29 Å². The largest absolute Gasteiger partial charge is 0.378 e. The maximum atomic E-state index is 12.4. The molecule has 7 nitrogen and oxygen atoms in total. The van der Waals surface area contributed by atoms with Crippen LogP contribution in [0.1, 0.15) is 20.7 Å². The Labute approximate surface area is 154 Å². The maximum Gasteiger partial charge on any atom is 0.270 e. The van der Waals surface area contributed by atoms with Crippen LogP contribution in [-0.2, 0) is 4.74 Å². The summed E-state index contributed by atoms with van der Waals surface area (Å²) in [6, 6.07) is 11.3. The van der Waals surface area contributed by atoms with E-state index in [2.05, 4.69) is 0 Å². The van der Waals surface area contributed by atoms with Crippen molar-refractivity contribution >= 4 is 29.6 Å². The number of carbonyl (C=O) groups excluding carboxylic acids is 2. The molecule has 3 rings (SSSR count). The van der Waals surface area contributed by atoms with Crippen molar-refractivity contribution in [1.82, 2.24) is 4.90 Å².